The Bertz CT molecular complexity index is 199. The van der Waals surface area contributed by atoms with E-state index < -0.39 is 0 Å². The number of hydrogen-bond acceptors (Lipinski definition) is 2. The third-order valence-electron chi connectivity index (χ3n) is 1.73. The molecule has 68 valence electrons. The molecule has 0 aromatic rings. The minimum atomic E-state index is 0.986. The lowest BCUT2D eigenvalue weighted by Gasteiger charge is -2.34. The lowest BCUT2D eigenvalue weighted by atomic mass is 10.4. The van der Waals surface area contributed by atoms with Crippen molar-refractivity contribution in [3.63, 3.8) is 0 Å². The van der Waals surface area contributed by atoms with Crippen LogP contribution in [0, 0.1) is 0 Å². The van der Waals surface area contributed by atoms with Crippen molar-refractivity contribution in [2.75, 3.05) is 13.1 Å². The van der Waals surface area contributed by atoms with Gasteiger partial charge >= 0.3 is 0 Å². The zero-order chi connectivity index (χ0) is 9.14. The molecule has 0 fully saturated rings. The van der Waals surface area contributed by atoms with Gasteiger partial charge in [0.1, 0.15) is 0 Å². The molecule has 0 aromatic heterocycles. The molecule has 1 heterocycles. The van der Waals surface area contributed by atoms with E-state index in [4.69, 9.17) is 0 Å². The van der Waals surface area contributed by atoms with Gasteiger partial charge in [0.15, 0.2) is 0 Å². The Morgan fingerprint density at radius 3 is 1.58 bits per heavy atom. The molecule has 1 aliphatic rings. The van der Waals surface area contributed by atoms with Crippen molar-refractivity contribution in [2.24, 2.45) is 0 Å². The molecule has 1 aliphatic heterocycles. The third-order valence-corrected chi connectivity index (χ3v) is 3.53. The second-order valence-corrected chi connectivity index (χ2v) is 4.17. The molecule has 1 rings (SSSR count). The van der Waals surface area contributed by atoms with Crippen LogP contribution in [0.25, 0.3) is 0 Å². The Balaban J connectivity index is 2.80. The summed E-state index contributed by atoms with van der Waals surface area (Å²) in [5.74, 6) is 0. The number of rotatable bonds is 2. The maximum Gasteiger partial charge on any atom is 0.0511 e. The Morgan fingerprint density at radius 2 is 1.33 bits per heavy atom. The van der Waals surface area contributed by atoms with Gasteiger partial charge in [-0.3, -0.25) is 10.0 Å². The smallest absolute Gasteiger partial charge is 0.0511 e. The van der Waals surface area contributed by atoms with Crippen molar-refractivity contribution < 1.29 is 0 Å². The van der Waals surface area contributed by atoms with E-state index in [1.165, 1.54) is 0 Å². The largest absolute Gasteiger partial charge is 0.292 e. The molecule has 0 unspecified atom stereocenters. The highest BCUT2D eigenvalue weighted by molar-refractivity contribution is 9.15. The fourth-order valence-electron chi connectivity index (χ4n) is 1.08. The molecule has 0 aromatic carbocycles. The summed E-state index contributed by atoms with van der Waals surface area (Å²) in [5, 5.41) is 4.32. The van der Waals surface area contributed by atoms with Crippen molar-refractivity contribution in [3.05, 3.63) is 21.4 Å². The Hall–Kier alpha value is 0.0400. The quantitative estimate of drug-likeness (QED) is 0.773. The summed E-state index contributed by atoms with van der Waals surface area (Å²) in [6, 6.07) is 0. The Morgan fingerprint density at radius 1 is 1.00 bits per heavy atom. The topological polar surface area (TPSA) is 6.48 Å². The monoisotopic (exact) mass is 294 g/mol. The summed E-state index contributed by atoms with van der Waals surface area (Å²) in [7, 11) is 0. The summed E-state index contributed by atoms with van der Waals surface area (Å²) in [4.78, 5) is 0. The van der Waals surface area contributed by atoms with E-state index in [0.717, 1.165) is 22.1 Å². The van der Waals surface area contributed by atoms with E-state index in [1.54, 1.807) is 0 Å². The number of allylic oxidation sites excluding steroid dienone is 2. The van der Waals surface area contributed by atoms with Gasteiger partial charge in [0.05, 0.1) is 8.96 Å². The fraction of sp³-hybridized carbons (Fsp3) is 0.500. The normalized spacial score (nSPS) is 17.7. The van der Waals surface area contributed by atoms with Gasteiger partial charge in [0, 0.05) is 25.5 Å². The van der Waals surface area contributed by atoms with Gasteiger partial charge in [-0.1, -0.05) is 0 Å². The van der Waals surface area contributed by atoms with Crippen LogP contribution < -0.4 is 0 Å². The SMILES string of the molecule is CCN1C=C(Br)C(Br)=CN1CC. The predicted octanol–water partition coefficient (Wildman–Crippen LogP) is 3.03. The highest BCUT2D eigenvalue weighted by Crippen LogP contribution is 2.28. The van der Waals surface area contributed by atoms with Crippen LogP contribution in [0.15, 0.2) is 21.4 Å². The molecule has 0 atom stereocenters. The van der Waals surface area contributed by atoms with Crippen molar-refractivity contribution >= 4 is 31.9 Å². The van der Waals surface area contributed by atoms with Gasteiger partial charge in [-0.2, -0.15) is 0 Å². The molecule has 4 heteroatoms. The summed E-state index contributed by atoms with van der Waals surface area (Å²) in [6.45, 7) is 6.23. The molecule has 0 saturated carbocycles. The molecule has 12 heavy (non-hydrogen) atoms. The molecular formula is C8H12Br2N2. The second kappa shape index (κ2) is 4.33. The van der Waals surface area contributed by atoms with Crippen molar-refractivity contribution in [2.45, 2.75) is 13.8 Å². The molecule has 0 N–H and O–H groups in total. The first-order valence-electron chi connectivity index (χ1n) is 3.97. The van der Waals surface area contributed by atoms with Gasteiger partial charge < -0.3 is 0 Å². The lowest BCUT2D eigenvalue weighted by molar-refractivity contribution is 0.0854. The predicted molar refractivity (Wildman–Crippen MR) is 58.8 cm³/mol. The Labute approximate surface area is 90.1 Å². The molecule has 0 bridgehead atoms. The van der Waals surface area contributed by atoms with Crippen molar-refractivity contribution in [1.82, 2.24) is 10.0 Å². The molecule has 0 aliphatic carbocycles. The van der Waals surface area contributed by atoms with Crippen LogP contribution in [0.1, 0.15) is 13.8 Å². The zero-order valence-electron chi connectivity index (χ0n) is 7.22. The van der Waals surface area contributed by atoms with Gasteiger partial charge in [-0.05, 0) is 45.7 Å². The van der Waals surface area contributed by atoms with Gasteiger partial charge in [0.25, 0.3) is 0 Å². The van der Waals surface area contributed by atoms with E-state index in [9.17, 15) is 0 Å². The van der Waals surface area contributed by atoms with Gasteiger partial charge in [-0.15, -0.1) is 0 Å². The van der Waals surface area contributed by atoms with Crippen LogP contribution in [0.4, 0.5) is 0 Å². The van der Waals surface area contributed by atoms with Crippen LogP contribution in [0.5, 0.6) is 0 Å². The summed E-state index contributed by atoms with van der Waals surface area (Å²) in [6.07, 6.45) is 4.15. The highest BCUT2D eigenvalue weighted by atomic mass is 79.9. The minimum Gasteiger partial charge on any atom is -0.292 e. The Kier molecular flexibility index (Phi) is 3.65. The molecule has 2 nitrogen and oxygen atoms in total. The standard InChI is InChI=1S/C8H12Br2N2/c1-3-11-5-7(9)8(10)6-12(11)4-2/h5-6H,3-4H2,1-2H3. The lowest BCUT2D eigenvalue weighted by Crippen LogP contribution is -2.36. The van der Waals surface area contributed by atoms with E-state index in [0.29, 0.717) is 0 Å². The fourth-order valence-corrected chi connectivity index (χ4v) is 1.76. The van der Waals surface area contributed by atoms with Crippen LogP contribution in [0.2, 0.25) is 0 Å². The highest BCUT2D eigenvalue weighted by Gasteiger charge is 2.13. The van der Waals surface area contributed by atoms with Crippen LogP contribution in [-0.2, 0) is 0 Å². The number of nitrogens with zero attached hydrogens (tertiary/aromatic N) is 2. The zero-order valence-corrected chi connectivity index (χ0v) is 10.4. The average molecular weight is 296 g/mol. The maximum atomic E-state index is 3.47. The van der Waals surface area contributed by atoms with Gasteiger partial charge in [0.2, 0.25) is 0 Å². The van der Waals surface area contributed by atoms with E-state index in [-0.39, 0.29) is 0 Å². The molecular weight excluding hydrogens is 284 g/mol. The van der Waals surface area contributed by atoms with Gasteiger partial charge in [-0.25, -0.2) is 0 Å². The molecule has 0 amide bonds. The first kappa shape index (κ1) is 10.1. The second-order valence-electron chi connectivity index (χ2n) is 2.47. The maximum absolute atomic E-state index is 3.47. The third kappa shape index (κ3) is 2.04. The summed E-state index contributed by atoms with van der Waals surface area (Å²) < 4.78 is 2.18. The van der Waals surface area contributed by atoms with Crippen LogP contribution in [-0.4, -0.2) is 23.1 Å². The molecule has 0 saturated heterocycles. The van der Waals surface area contributed by atoms with Crippen molar-refractivity contribution in [3.8, 4) is 0 Å². The summed E-state index contributed by atoms with van der Waals surface area (Å²) >= 11 is 6.94. The average Bonchev–Trinajstić information content (AvgIpc) is 2.09. The molecule has 0 radical (unpaired) electrons. The van der Waals surface area contributed by atoms with E-state index >= 15 is 0 Å². The number of halogens is 2. The first-order chi connectivity index (χ1) is 5.69. The first-order valence-corrected chi connectivity index (χ1v) is 5.55. The summed E-state index contributed by atoms with van der Waals surface area (Å²) in [5.41, 5.74) is 0. The number of hydrazine groups is 1. The number of hydrogen-bond donors (Lipinski definition) is 0. The molecule has 0 spiro atoms. The van der Waals surface area contributed by atoms with Crippen LogP contribution in [0.3, 0.4) is 0 Å². The van der Waals surface area contributed by atoms with E-state index in [1.807, 2.05) is 0 Å². The van der Waals surface area contributed by atoms with Crippen LogP contribution >= 0.6 is 31.9 Å². The minimum absolute atomic E-state index is 0.986. The van der Waals surface area contributed by atoms with Crippen molar-refractivity contribution in [1.29, 1.82) is 0 Å². The van der Waals surface area contributed by atoms with E-state index in [2.05, 4.69) is 68.1 Å².